The van der Waals surface area contributed by atoms with E-state index in [1.165, 1.54) is 22.4 Å². The first kappa shape index (κ1) is 14.8. The number of hydrogen-bond donors (Lipinski definition) is 0. The molecular formula is C21H21N2O+. The van der Waals surface area contributed by atoms with Crippen LogP contribution >= 0.6 is 0 Å². The van der Waals surface area contributed by atoms with Crippen LogP contribution in [0.2, 0.25) is 0 Å². The summed E-state index contributed by atoms with van der Waals surface area (Å²) >= 11 is 0. The SMILES string of the molecule is COc1ccc(-c2n(CC3C=CC=C3)c3ccccc3[n+]2C)cc1. The van der Waals surface area contributed by atoms with Gasteiger partial charge >= 0.3 is 0 Å². The molecule has 0 radical (unpaired) electrons. The Bertz CT molecular complexity index is 920. The van der Waals surface area contributed by atoms with E-state index in [1.807, 2.05) is 12.1 Å². The average molecular weight is 317 g/mol. The molecule has 4 rings (SSSR count). The van der Waals surface area contributed by atoms with Crippen LogP contribution in [0.4, 0.5) is 0 Å². The van der Waals surface area contributed by atoms with Crippen LogP contribution in [0.25, 0.3) is 22.4 Å². The van der Waals surface area contributed by atoms with E-state index in [4.69, 9.17) is 4.74 Å². The summed E-state index contributed by atoms with van der Waals surface area (Å²) in [6.07, 6.45) is 8.77. The second-order valence-electron chi connectivity index (χ2n) is 6.14. The van der Waals surface area contributed by atoms with Crippen LogP contribution in [0.15, 0.2) is 72.8 Å². The average Bonchev–Trinajstić information content (AvgIpc) is 3.23. The van der Waals surface area contributed by atoms with Crippen molar-refractivity contribution in [1.82, 2.24) is 4.57 Å². The maximum absolute atomic E-state index is 5.30. The molecule has 1 aromatic heterocycles. The van der Waals surface area contributed by atoms with Gasteiger partial charge in [-0.2, -0.15) is 0 Å². The maximum Gasteiger partial charge on any atom is 0.289 e. The predicted octanol–water partition coefficient (Wildman–Crippen LogP) is 3.88. The van der Waals surface area contributed by atoms with Gasteiger partial charge in [-0.1, -0.05) is 36.4 Å². The lowest BCUT2D eigenvalue weighted by Crippen LogP contribution is -2.30. The highest BCUT2D eigenvalue weighted by Gasteiger charge is 2.25. The number of hydrogen-bond acceptors (Lipinski definition) is 1. The Balaban J connectivity index is 1.89. The van der Waals surface area contributed by atoms with Crippen LogP contribution in [-0.2, 0) is 13.6 Å². The Morgan fingerprint density at radius 3 is 2.42 bits per heavy atom. The molecule has 1 aliphatic rings. The molecule has 0 bridgehead atoms. The summed E-state index contributed by atoms with van der Waals surface area (Å²) in [4.78, 5) is 0. The lowest BCUT2D eigenvalue weighted by Gasteiger charge is -2.07. The first-order chi connectivity index (χ1) is 11.8. The minimum Gasteiger partial charge on any atom is -0.497 e. The van der Waals surface area contributed by atoms with Crippen molar-refractivity contribution in [3.63, 3.8) is 0 Å². The first-order valence-corrected chi connectivity index (χ1v) is 8.24. The Morgan fingerprint density at radius 1 is 1.00 bits per heavy atom. The van der Waals surface area contributed by atoms with Gasteiger partial charge in [0.1, 0.15) is 12.3 Å². The second-order valence-corrected chi connectivity index (χ2v) is 6.14. The predicted molar refractivity (Wildman–Crippen MR) is 96.9 cm³/mol. The van der Waals surface area contributed by atoms with Crippen LogP contribution in [-0.4, -0.2) is 11.7 Å². The van der Waals surface area contributed by atoms with Gasteiger partial charge in [0.15, 0.2) is 11.0 Å². The summed E-state index contributed by atoms with van der Waals surface area (Å²) in [6, 6.07) is 16.9. The number of allylic oxidation sites excluding steroid dienone is 4. The summed E-state index contributed by atoms with van der Waals surface area (Å²) in [7, 11) is 3.84. The van der Waals surface area contributed by atoms with Crippen LogP contribution in [0, 0.1) is 5.92 Å². The molecule has 1 heterocycles. The van der Waals surface area contributed by atoms with Crippen LogP contribution in [0.1, 0.15) is 0 Å². The van der Waals surface area contributed by atoms with Crippen LogP contribution < -0.4 is 9.30 Å². The molecule has 0 spiro atoms. The van der Waals surface area contributed by atoms with Crippen molar-refractivity contribution < 1.29 is 9.30 Å². The molecule has 0 unspecified atom stereocenters. The number of methoxy groups -OCH3 is 1. The van der Waals surface area contributed by atoms with Crippen molar-refractivity contribution in [1.29, 1.82) is 0 Å². The zero-order valence-corrected chi connectivity index (χ0v) is 14.0. The smallest absolute Gasteiger partial charge is 0.289 e. The van der Waals surface area contributed by atoms with Crippen molar-refractivity contribution >= 4 is 11.0 Å². The molecule has 3 nitrogen and oxygen atoms in total. The van der Waals surface area contributed by atoms with Gasteiger partial charge in [0.05, 0.1) is 19.7 Å². The summed E-state index contributed by atoms with van der Waals surface area (Å²) in [6.45, 7) is 0.940. The first-order valence-electron chi connectivity index (χ1n) is 8.24. The Hall–Kier alpha value is -2.81. The molecule has 1 aliphatic carbocycles. The molecule has 0 amide bonds. The van der Waals surface area contributed by atoms with E-state index in [1.54, 1.807) is 7.11 Å². The standard InChI is InChI=1S/C21H21N2O/c1-22-19-9-5-6-10-20(19)23(15-16-7-3-4-8-16)21(22)17-11-13-18(24-2)14-12-17/h3-14,16H,15H2,1-2H3/q+1. The summed E-state index contributed by atoms with van der Waals surface area (Å²) in [5, 5.41) is 0. The quantitative estimate of drug-likeness (QED) is 0.668. The highest BCUT2D eigenvalue weighted by molar-refractivity contribution is 5.76. The third kappa shape index (κ3) is 2.42. The number of aromatic nitrogens is 2. The van der Waals surface area contributed by atoms with E-state index >= 15 is 0 Å². The summed E-state index contributed by atoms with van der Waals surface area (Å²) in [5.41, 5.74) is 3.70. The monoisotopic (exact) mass is 317 g/mol. The molecule has 3 heteroatoms. The second kappa shape index (κ2) is 6.00. The van der Waals surface area contributed by atoms with Crippen LogP contribution in [0.3, 0.4) is 0 Å². The molecule has 3 aromatic rings. The van der Waals surface area contributed by atoms with Gasteiger partial charge in [-0.25, -0.2) is 9.13 Å². The molecule has 0 N–H and O–H groups in total. The number of para-hydroxylation sites is 2. The summed E-state index contributed by atoms with van der Waals surface area (Å²) < 4.78 is 10.00. The highest BCUT2D eigenvalue weighted by Crippen LogP contribution is 2.26. The Labute approximate surface area is 142 Å². The van der Waals surface area contributed by atoms with Crippen molar-refractivity contribution in [3.8, 4) is 17.1 Å². The lowest BCUT2D eigenvalue weighted by atomic mass is 10.1. The molecule has 0 aliphatic heterocycles. The molecule has 0 saturated carbocycles. The largest absolute Gasteiger partial charge is 0.497 e. The molecule has 2 aromatic carbocycles. The van der Waals surface area contributed by atoms with E-state index in [-0.39, 0.29) is 0 Å². The Morgan fingerprint density at radius 2 is 1.71 bits per heavy atom. The molecule has 0 fully saturated rings. The topological polar surface area (TPSA) is 18.0 Å². The Kier molecular flexibility index (Phi) is 3.69. The van der Waals surface area contributed by atoms with Gasteiger partial charge in [-0.05, 0) is 36.4 Å². The zero-order valence-electron chi connectivity index (χ0n) is 14.0. The number of nitrogens with zero attached hydrogens (tertiary/aromatic N) is 2. The maximum atomic E-state index is 5.30. The van der Waals surface area contributed by atoms with Gasteiger partial charge in [0.2, 0.25) is 0 Å². The number of benzene rings is 2. The van der Waals surface area contributed by atoms with Gasteiger partial charge in [-0.15, -0.1) is 0 Å². The van der Waals surface area contributed by atoms with Crippen molar-refractivity contribution in [2.75, 3.05) is 7.11 Å². The number of aryl methyl sites for hydroxylation is 1. The number of ether oxygens (including phenoxy) is 1. The minimum absolute atomic E-state index is 0.442. The lowest BCUT2D eigenvalue weighted by molar-refractivity contribution is -0.634. The fourth-order valence-corrected chi connectivity index (χ4v) is 3.47. The summed E-state index contributed by atoms with van der Waals surface area (Å²) in [5.74, 6) is 2.54. The molecule has 24 heavy (non-hydrogen) atoms. The van der Waals surface area contributed by atoms with Crippen molar-refractivity contribution in [2.24, 2.45) is 13.0 Å². The van der Waals surface area contributed by atoms with E-state index in [9.17, 15) is 0 Å². The van der Waals surface area contributed by atoms with Gasteiger partial charge < -0.3 is 4.74 Å². The van der Waals surface area contributed by atoms with Gasteiger partial charge in [0.25, 0.3) is 5.82 Å². The van der Waals surface area contributed by atoms with E-state index in [0.29, 0.717) is 5.92 Å². The van der Waals surface area contributed by atoms with E-state index in [0.717, 1.165) is 12.3 Å². The third-order valence-electron chi connectivity index (χ3n) is 4.68. The number of fused-ring (bicyclic) bond motifs is 1. The fourth-order valence-electron chi connectivity index (χ4n) is 3.47. The normalized spacial score (nSPS) is 13.9. The van der Waals surface area contributed by atoms with Crippen molar-refractivity contribution in [2.45, 2.75) is 6.54 Å². The molecule has 0 saturated heterocycles. The number of imidazole rings is 1. The molecule has 120 valence electrons. The molecular weight excluding hydrogens is 296 g/mol. The fraction of sp³-hybridized carbons (Fsp3) is 0.190. The van der Waals surface area contributed by atoms with E-state index in [2.05, 4.69) is 76.9 Å². The number of rotatable bonds is 4. The highest BCUT2D eigenvalue weighted by atomic mass is 16.5. The third-order valence-corrected chi connectivity index (χ3v) is 4.68. The van der Waals surface area contributed by atoms with Crippen LogP contribution in [0.5, 0.6) is 5.75 Å². The molecule has 0 atom stereocenters. The minimum atomic E-state index is 0.442. The van der Waals surface area contributed by atoms with E-state index < -0.39 is 0 Å². The van der Waals surface area contributed by atoms with Gasteiger partial charge in [0, 0.05) is 5.92 Å². The van der Waals surface area contributed by atoms with Crippen molar-refractivity contribution in [3.05, 3.63) is 72.8 Å². The van der Waals surface area contributed by atoms with Gasteiger partial charge in [-0.3, -0.25) is 0 Å². The zero-order chi connectivity index (χ0) is 16.5.